The quantitative estimate of drug-likeness (QED) is 0.730. The number of carbonyl (C=O) groups is 1. The number of hydrogen-bond donors (Lipinski definition) is 0. The molecule has 0 aromatic rings. The molecule has 1 aliphatic rings. The van der Waals surface area contributed by atoms with Crippen LogP contribution in [0.15, 0.2) is 0 Å². The van der Waals surface area contributed by atoms with E-state index in [-0.39, 0.29) is 5.78 Å². The lowest BCUT2D eigenvalue weighted by Crippen LogP contribution is -2.49. The second-order valence-electron chi connectivity index (χ2n) is 4.69. The monoisotopic (exact) mass is 240 g/mol. The SMILES string of the molecule is C[C@@]1(C(C#N)(C#N)C(C#N)C#N)CCCCC1=O. The summed E-state index contributed by atoms with van der Waals surface area (Å²) >= 11 is 0. The topological polar surface area (TPSA) is 112 Å². The van der Waals surface area contributed by atoms with Gasteiger partial charge in [0.2, 0.25) is 0 Å². The molecular formula is C13H12N4O. The molecule has 0 aromatic carbocycles. The summed E-state index contributed by atoms with van der Waals surface area (Å²) in [6.45, 7) is 1.53. The van der Waals surface area contributed by atoms with Gasteiger partial charge in [-0.2, -0.15) is 21.0 Å². The van der Waals surface area contributed by atoms with Crippen molar-refractivity contribution in [1.29, 1.82) is 21.0 Å². The molecule has 0 heterocycles. The van der Waals surface area contributed by atoms with Gasteiger partial charge in [-0.15, -0.1) is 0 Å². The van der Waals surface area contributed by atoms with Crippen LogP contribution in [0, 0.1) is 62.1 Å². The van der Waals surface area contributed by atoms with E-state index in [0.29, 0.717) is 12.8 Å². The highest BCUT2D eigenvalue weighted by Crippen LogP contribution is 2.51. The molecule has 18 heavy (non-hydrogen) atoms. The van der Waals surface area contributed by atoms with Gasteiger partial charge in [0.15, 0.2) is 11.3 Å². The number of Topliss-reactive ketones (excluding diaryl/α,β-unsaturated/α-hetero) is 1. The van der Waals surface area contributed by atoms with Gasteiger partial charge in [0, 0.05) is 6.42 Å². The highest BCUT2D eigenvalue weighted by Gasteiger charge is 2.59. The van der Waals surface area contributed by atoms with Gasteiger partial charge in [-0.1, -0.05) is 6.42 Å². The number of hydrogen-bond acceptors (Lipinski definition) is 5. The zero-order chi connectivity index (χ0) is 13.8. The smallest absolute Gasteiger partial charge is 0.184 e. The van der Waals surface area contributed by atoms with Crippen molar-refractivity contribution in [3.63, 3.8) is 0 Å². The molecule has 0 saturated heterocycles. The van der Waals surface area contributed by atoms with Gasteiger partial charge >= 0.3 is 0 Å². The molecule has 1 atom stereocenters. The predicted octanol–water partition coefficient (Wildman–Crippen LogP) is 1.83. The Balaban J connectivity index is 3.44. The maximum Gasteiger partial charge on any atom is 0.184 e. The largest absolute Gasteiger partial charge is 0.299 e. The van der Waals surface area contributed by atoms with Gasteiger partial charge in [0.1, 0.15) is 5.78 Å². The summed E-state index contributed by atoms with van der Waals surface area (Å²) in [7, 11) is 0. The first-order chi connectivity index (χ1) is 8.52. The Morgan fingerprint density at radius 1 is 1.17 bits per heavy atom. The van der Waals surface area contributed by atoms with Gasteiger partial charge in [0.25, 0.3) is 0 Å². The lowest BCUT2D eigenvalue weighted by molar-refractivity contribution is -0.135. The number of ketones is 1. The van der Waals surface area contributed by atoms with Crippen LogP contribution in [0.5, 0.6) is 0 Å². The lowest BCUT2D eigenvalue weighted by atomic mass is 9.54. The molecular weight excluding hydrogens is 228 g/mol. The second-order valence-corrected chi connectivity index (χ2v) is 4.69. The van der Waals surface area contributed by atoms with Gasteiger partial charge in [-0.05, 0) is 19.8 Å². The van der Waals surface area contributed by atoms with E-state index in [1.54, 1.807) is 24.3 Å². The molecule has 5 nitrogen and oxygen atoms in total. The van der Waals surface area contributed by atoms with E-state index >= 15 is 0 Å². The van der Waals surface area contributed by atoms with Crippen molar-refractivity contribution in [3.8, 4) is 24.3 Å². The normalized spacial score (nSPS) is 23.6. The Morgan fingerprint density at radius 2 is 1.72 bits per heavy atom. The zero-order valence-electron chi connectivity index (χ0n) is 10.1. The van der Waals surface area contributed by atoms with Crippen molar-refractivity contribution in [2.75, 3.05) is 0 Å². The summed E-state index contributed by atoms with van der Waals surface area (Å²) in [4.78, 5) is 12.1. The Labute approximate surface area is 106 Å². The zero-order valence-corrected chi connectivity index (χ0v) is 10.1. The first-order valence-corrected chi connectivity index (χ1v) is 5.67. The summed E-state index contributed by atoms with van der Waals surface area (Å²) in [6, 6.07) is 6.92. The van der Waals surface area contributed by atoms with E-state index in [9.17, 15) is 15.3 Å². The van der Waals surface area contributed by atoms with Crippen LogP contribution in [0.2, 0.25) is 0 Å². The van der Waals surface area contributed by atoms with Crippen molar-refractivity contribution in [1.82, 2.24) is 0 Å². The van der Waals surface area contributed by atoms with Crippen LogP contribution in [-0.4, -0.2) is 5.78 Å². The van der Waals surface area contributed by atoms with E-state index in [0.717, 1.165) is 12.8 Å². The molecule has 1 aliphatic carbocycles. The first-order valence-electron chi connectivity index (χ1n) is 5.67. The minimum atomic E-state index is -1.88. The predicted molar refractivity (Wildman–Crippen MR) is 60.0 cm³/mol. The fourth-order valence-corrected chi connectivity index (χ4v) is 2.54. The maximum absolute atomic E-state index is 12.1. The highest BCUT2D eigenvalue weighted by atomic mass is 16.1. The first kappa shape index (κ1) is 13.7. The third kappa shape index (κ3) is 1.62. The van der Waals surface area contributed by atoms with Crippen LogP contribution in [0.1, 0.15) is 32.6 Å². The van der Waals surface area contributed by atoms with E-state index in [4.69, 9.17) is 10.5 Å². The molecule has 0 spiro atoms. The van der Waals surface area contributed by atoms with Gasteiger partial charge < -0.3 is 0 Å². The van der Waals surface area contributed by atoms with Crippen molar-refractivity contribution in [2.45, 2.75) is 32.6 Å². The molecule has 0 unspecified atom stereocenters. The van der Waals surface area contributed by atoms with Gasteiger partial charge in [-0.25, -0.2) is 0 Å². The lowest BCUT2D eigenvalue weighted by Gasteiger charge is -2.41. The molecule has 0 amide bonds. The molecule has 0 radical (unpaired) electrons. The van der Waals surface area contributed by atoms with Gasteiger partial charge in [0.05, 0.1) is 29.7 Å². The van der Waals surface area contributed by atoms with Crippen molar-refractivity contribution in [3.05, 3.63) is 0 Å². The molecule has 0 aliphatic heterocycles. The van der Waals surface area contributed by atoms with E-state index in [2.05, 4.69) is 0 Å². The van der Waals surface area contributed by atoms with Crippen LogP contribution in [0.3, 0.4) is 0 Å². The second kappa shape index (κ2) is 4.87. The summed E-state index contributed by atoms with van der Waals surface area (Å²) in [5.41, 5.74) is -3.11. The van der Waals surface area contributed by atoms with Crippen LogP contribution < -0.4 is 0 Å². The van der Waals surface area contributed by atoms with Crippen molar-refractivity contribution >= 4 is 5.78 Å². The molecule has 1 saturated carbocycles. The van der Waals surface area contributed by atoms with E-state index in [1.807, 2.05) is 0 Å². The molecule has 5 heteroatoms. The molecule has 0 N–H and O–H groups in total. The average Bonchev–Trinajstić information content (AvgIpc) is 2.39. The fourth-order valence-electron chi connectivity index (χ4n) is 2.54. The maximum atomic E-state index is 12.1. The number of rotatable bonds is 2. The van der Waals surface area contributed by atoms with Crippen LogP contribution in [0.4, 0.5) is 0 Å². The number of nitrogens with zero attached hydrogens (tertiary/aromatic N) is 4. The van der Waals surface area contributed by atoms with Crippen LogP contribution >= 0.6 is 0 Å². The van der Waals surface area contributed by atoms with E-state index in [1.165, 1.54) is 6.92 Å². The summed E-state index contributed by atoms with van der Waals surface area (Å²) < 4.78 is 0. The molecule has 0 bridgehead atoms. The summed E-state index contributed by atoms with van der Waals surface area (Å²) in [5, 5.41) is 36.6. The molecule has 0 aromatic heterocycles. The van der Waals surface area contributed by atoms with Crippen LogP contribution in [-0.2, 0) is 4.79 Å². The Kier molecular flexibility index (Phi) is 3.70. The summed E-state index contributed by atoms with van der Waals surface area (Å²) in [6.07, 6.45) is 2.11. The third-order valence-corrected chi connectivity index (χ3v) is 3.86. The Morgan fingerprint density at radius 3 is 2.11 bits per heavy atom. The molecule has 1 fully saturated rings. The highest BCUT2D eigenvalue weighted by molar-refractivity contribution is 5.87. The van der Waals surface area contributed by atoms with Crippen molar-refractivity contribution < 1.29 is 4.79 Å². The van der Waals surface area contributed by atoms with Crippen molar-refractivity contribution in [2.24, 2.45) is 16.7 Å². The number of carbonyl (C=O) groups excluding carboxylic acids is 1. The van der Waals surface area contributed by atoms with Gasteiger partial charge in [-0.3, -0.25) is 4.79 Å². The fraction of sp³-hybridized carbons (Fsp3) is 0.615. The Bertz CT molecular complexity index is 497. The Hall–Kier alpha value is -2.37. The standard InChI is InChI=1S/C13H12N4O/c1-12(5-3-2-4-11(12)18)13(8-16,9-17)10(6-14)7-15/h10H,2-5H2,1H3/t12-/m1/s1. The third-order valence-electron chi connectivity index (χ3n) is 3.86. The number of nitriles is 4. The summed E-state index contributed by atoms with van der Waals surface area (Å²) in [5.74, 6) is -1.62. The minimum Gasteiger partial charge on any atom is -0.299 e. The minimum absolute atomic E-state index is 0.202. The van der Waals surface area contributed by atoms with Crippen LogP contribution in [0.25, 0.3) is 0 Å². The van der Waals surface area contributed by atoms with E-state index < -0.39 is 16.7 Å². The average molecular weight is 240 g/mol. The molecule has 90 valence electrons. The molecule has 1 rings (SSSR count).